The minimum atomic E-state index is -4.67. The van der Waals surface area contributed by atoms with E-state index in [4.69, 9.17) is 14.0 Å². The van der Waals surface area contributed by atoms with Crippen LogP contribution in [-0.4, -0.2) is 54.9 Å². The number of benzene rings is 1. The Bertz CT molecular complexity index is 981. The first-order chi connectivity index (χ1) is 15.5. The molecule has 1 aromatic carbocycles. The SMILES string of the molecule is CCOC(=O)CN(CC(F)(F)F)C(=O)/C=C/c1ccc(OCc2c(C)noc2C)c(OC)c1. The van der Waals surface area contributed by atoms with Gasteiger partial charge in [-0.3, -0.25) is 9.59 Å². The molecule has 0 spiro atoms. The number of esters is 1. The fourth-order valence-corrected chi connectivity index (χ4v) is 2.83. The average molecular weight is 470 g/mol. The predicted molar refractivity (Wildman–Crippen MR) is 112 cm³/mol. The second-order valence-electron chi connectivity index (χ2n) is 6.95. The van der Waals surface area contributed by atoms with Gasteiger partial charge in [0.25, 0.3) is 0 Å². The van der Waals surface area contributed by atoms with Crippen molar-refractivity contribution in [2.45, 2.75) is 33.6 Å². The quantitative estimate of drug-likeness (QED) is 0.385. The summed E-state index contributed by atoms with van der Waals surface area (Å²) in [5.74, 6) is -0.504. The van der Waals surface area contributed by atoms with Gasteiger partial charge in [-0.05, 0) is 44.5 Å². The summed E-state index contributed by atoms with van der Waals surface area (Å²) in [6.45, 7) is 2.88. The largest absolute Gasteiger partial charge is 0.493 e. The van der Waals surface area contributed by atoms with Gasteiger partial charge in [-0.25, -0.2) is 0 Å². The zero-order chi connectivity index (χ0) is 24.6. The van der Waals surface area contributed by atoms with Crippen LogP contribution in [0.2, 0.25) is 0 Å². The van der Waals surface area contributed by atoms with E-state index in [-0.39, 0.29) is 13.2 Å². The highest BCUT2D eigenvalue weighted by Crippen LogP contribution is 2.30. The van der Waals surface area contributed by atoms with Crippen molar-refractivity contribution >= 4 is 18.0 Å². The molecule has 2 rings (SSSR count). The van der Waals surface area contributed by atoms with Crippen LogP contribution in [-0.2, 0) is 20.9 Å². The van der Waals surface area contributed by atoms with Crippen molar-refractivity contribution in [3.8, 4) is 11.5 Å². The number of methoxy groups -OCH3 is 1. The minimum absolute atomic E-state index is 0.00677. The monoisotopic (exact) mass is 470 g/mol. The van der Waals surface area contributed by atoms with Crippen molar-refractivity contribution in [3.05, 3.63) is 46.9 Å². The normalized spacial score (nSPS) is 11.5. The maximum absolute atomic E-state index is 12.8. The topological polar surface area (TPSA) is 91.1 Å². The van der Waals surface area contributed by atoms with Crippen molar-refractivity contribution < 1.29 is 41.5 Å². The summed E-state index contributed by atoms with van der Waals surface area (Å²) in [5.41, 5.74) is 1.99. The highest BCUT2D eigenvalue weighted by atomic mass is 19.4. The standard InChI is InChI=1S/C22H25F3N2O6/c1-5-31-21(29)11-27(13-22(23,24)25)20(28)9-7-16-6-8-18(19(10-16)30-4)32-12-17-14(2)26-33-15(17)3/h6-10H,5,11-13H2,1-4H3/b9-7+. The van der Waals surface area contributed by atoms with Gasteiger partial charge >= 0.3 is 12.1 Å². The molecule has 0 saturated heterocycles. The molecule has 1 amide bonds. The van der Waals surface area contributed by atoms with E-state index in [1.54, 1.807) is 32.0 Å². The van der Waals surface area contributed by atoms with E-state index in [9.17, 15) is 22.8 Å². The average Bonchev–Trinajstić information content (AvgIpc) is 3.06. The van der Waals surface area contributed by atoms with Crippen LogP contribution in [0.1, 0.15) is 29.5 Å². The number of ether oxygens (including phenoxy) is 3. The van der Waals surface area contributed by atoms with Crippen LogP contribution >= 0.6 is 0 Å². The van der Waals surface area contributed by atoms with E-state index in [0.29, 0.717) is 33.4 Å². The van der Waals surface area contributed by atoms with Gasteiger partial charge in [-0.2, -0.15) is 13.2 Å². The second-order valence-corrected chi connectivity index (χ2v) is 6.95. The number of nitrogens with zero attached hydrogens (tertiary/aromatic N) is 2. The summed E-state index contributed by atoms with van der Waals surface area (Å²) < 4.78 is 59.3. The first-order valence-corrected chi connectivity index (χ1v) is 9.96. The molecule has 180 valence electrons. The summed E-state index contributed by atoms with van der Waals surface area (Å²) in [5, 5.41) is 3.86. The zero-order valence-corrected chi connectivity index (χ0v) is 18.7. The zero-order valence-electron chi connectivity index (χ0n) is 18.7. The van der Waals surface area contributed by atoms with Crippen LogP contribution in [0.15, 0.2) is 28.8 Å². The lowest BCUT2D eigenvalue weighted by molar-refractivity contribution is -0.164. The Morgan fingerprint density at radius 1 is 1.21 bits per heavy atom. The summed E-state index contributed by atoms with van der Waals surface area (Å²) in [6.07, 6.45) is -2.40. The molecule has 33 heavy (non-hydrogen) atoms. The van der Waals surface area contributed by atoms with Gasteiger partial charge in [0.1, 0.15) is 25.5 Å². The van der Waals surface area contributed by atoms with Gasteiger partial charge in [0.2, 0.25) is 5.91 Å². The summed E-state index contributed by atoms with van der Waals surface area (Å²) in [7, 11) is 1.43. The molecule has 0 N–H and O–H groups in total. The number of carbonyl (C=O) groups excluding carboxylic acids is 2. The van der Waals surface area contributed by atoms with Crippen molar-refractivity contribution in [2.24, 2.45) is 0 Å². The number of alkyl halides is 3. The third-order valence-electron chi connectivity index (χ3n) is 4.47. The van der Waals surface area contributed by atoms with Crippen molar-refractivity contribution in [1.29, 1.82) is 0 Å². The Labute approximate surface area is 188 Å². The van der Waals surface area contributed by atoms with Crippen molar-refractivity contribution in [2.75, 3.05) is 26.8 Å². The van der Waals surface area contributed by atoms with Crippen LogP contribution in [0, 0.1) is 13.8 Å². The fraction of sp³-hybridized carbons (Fsp3) is 0.409. The van der Waals surface area contributed by atoms with Crippen molar-refractivity contribution in [1.82, 2.24) is 10.1 Å². The molecule has 0 unspecified atom stereocenters. The molecule has 1 aromatic heterocycles. The number of hydrogen-bond acceptors (Lipinski definition) is 7. The first-order valence-electron chi connectivity index (χ1n) is 9.96. The molecule has 8 nitrogen and oxygen atoms in total. The Morgan fingerprint density at radius 2 is 1.94 bits per heavy atom. The molecular weight excluding hydrogens is 445 g/mol. The molecule has 0 aliphatic heterocycles. The van der Waals surface area contributed by atoms with Gasteiger partial charge in [0.15, 0.2) is 11.5 Å². The van der Waals surface area contributed by atoms with Gasteiger partial charge in [0, 0.05) is 6.08 Å². The number of rotatable bonds is 10. The van der Waals surface area contributed by atoms with Crippen LogP contribution in [0.4, 0.5) is 13.2 Å². The summed E-state index contributed by atoms with van der Waals surface area (Å²) in [6, 6.07) is 4.77. The molecule has 0 aliphatic rings. The van der Waals surface area contributed by atoms with Crippen LogP contribution < -0.4 is 9.47 Å². The highest BCUT2D eigenvalue weighted by Gasteiger charge is 2.33. The smallest absolute Gasteiger partial charge is 0.406 e. The lowest BCUT2D eigenvalue weighted by Gasteiger charge is -2.21. The molecule has 0 fully saturated rings. The minimum Gasteiger partial charge on any atom is -0.493 e. The van der Waals surface area contributed by atoms with Gasteiger partial charge < -0.3 is 23.6 Å². The van der Waals surface area contributed by atoms with Crippen molar-refractivity contribution in [3.63, 3.8) is 0 Å². The molecule has 11 heteroatoms. The Hall–Kier alpha value is -3.50. The Kier molecular flexibility index (Phi) is 8.89. The first kappa shape index (κ1) is 25.8. The number of amides is 1. The van der Waals surface area contributed by atoms with E-state index >= 15 is 0 Å². The number of aryl methyl sites for hydroxylation is 2. The second kappa shape index (κ2) is 11.4. The molecule has 0 atom stereocenters. The van der Waals surface area contributed by atoms with Gasteiger partial charge in [-0.1, -0.05) is 11.2 Å². The number of carbonyl (C=O) groups is 2. The third kappa shape index (κ3) is 7.85. The van der Waals surface area contributed by atoms with Crippen LogP contribution in [0.3, 0.4) is 0 Å². The predicted octanol–water partition coefficient (Wildman–Crippen LogP) is 3.85. The van der Waals surface area contributed by atoms with Gasteiger partial charge in [0.05, 0.1) is 25.0 Å². The fourth-order valence-electron chi connectivity index (χ4n) is 2.83. The van der Waals surface area contributed by atoms with E-state index in [2.05, 4.69) is 9.89 Å². The number of halogens is 3. The lowest BCUT2D eigenvalue weighted by atomic mass is 10.1. The highest BCUT2D eigenvalue weighted by molar-refractivity contribution is 5.93. The molecule has 1 heterocycles. The van der Waals surface area contributed by atoms with E-state index < -0.39 is 31.1 Å². The van der Waals surface area contributed by atoms with Gasteiger partial charge in [-0.15, -0.1) is 0 Å². The molecular formula is C22H25F3N2O6. The van der Waals surface area contributed by atoms with E-state index in [1.165, 1.54) is 20.1 Å². The maximum Gasteiger partial charge on any atom is 0.406 e. The maximum atomic E-state index is 12.8. The van der Waals surface area contributed by atoms with E-state index in [0.717, 1.165) is 11.6 Å². The third-order valence-corrected chi connectivity index (χ3v) is 4.47. The summed E-state index contributed by atoms with van der Waals surface area (Å²) in [4.78, 5) is 24.3. The molecule has 0 radical (unpaired) electrons. The lowest BCUT2D eigenvalue weighted by Crippen LogP contribution is -2.41. The Balaban J connectivity index is 2.12. The molecule has 0 saturated carbocycles. The van der Waals surface area contributed by atoms with Crippen LogP contribution in [0.25, 0.3) is 6.08 Å². The number of aromatic nitrogens is 1. The van der Waals surface area contributed by atoms with Crippen LogP contribution in [0.5, 0.6) is 11.5 Å². The molecule has 2 aromatic rings. The molecule has 0 aliphatic carbocycles. The Morgan fingerprint density at radius 3 is 2.52 bits per heavy atom. The summed E-state index contributed by atoms with van der Waals surface area (Å²) >= 11 is 0. The van der Waals surface area contributed by atoms with E-state index in [1.807, 2.05) is 0 Å². The molecule has 0 bridgehead atoms. The number of hydrogen-bond donors (Lipinski definition) is 0.